The molecule has 0 radical (unpaired) electrons. The van der Waals surface area contributed by atoms with Gasteiger partial charge in [0.1, 0.15) is 12.6 Å². The van der Waals surface area contributed by atoms with Gasteiger partial charge < -0.3 is 25.6 Å². The Morgan fingerprint density at radius 2 is 1.83 bits per heavy atom. The van der Waals surface area contributed by atoms with Crippen LogP contribution in [0, 0.1) is 5.92 Å². The van der Waals surface area contributed by atoms with Crippen molar-refractivity contribution < 1.29 is 19.1 Å². The van der Waals surface area contributed by atoms with Crippen LogP contribution in [0.25, 0.3) is 0 Å². The van der Waals surface area contributed by atoms with E-state index in [9.17, 15) is 14.4 Å². The van der Waals surface area contributed by atoms with Gasteiger partial charge in [0, 0.05) is 45.4 Å². The van der Waals surface area contributed by atoms with E-state index in [2.05, 4.69) is 34.7 Å². The van der Waals surface area contributed by atoms with Crippen molar-refractivity contribution in [1.29, 1.82) is 0 Å². The van der Waals surface area contributed by atoms with E-state index < -0.39 is 6.04 Å². The first kappa shape index (κ1) is 24.4. The van der Waals surface area contributed by atoms with Gasteiger partial charge in [0.15, 0.2) is 0 Å². The maximum Gasteiger partial charge on any atom is 0.315 e. The van der Waals surface area contributed by atoms with Gasteiger partial charge in [-0.2, -0.15) is 0 Å². The number of amides is 4. The zero-order chi connectivity index (χ0) is 22.3. The van der Waals surface area contributed by atoms with E-state index in [0.29, 0.717) is 19.0 Å². The van der Waals surface area contributed by atoms with Crippen LogP contribution in [0.3, 0.4) is 0 Å². The molecule has 0 aromatic heterocycles. The molecule has 0 saturated carbocycles. The molecule has 0 spiro atoms. The maximum absolute atomic E-state index is 13.3. The van der Waals surface area contributed by atoms with Gasteiger partial charge in [-0.1, -0.05) is 26.7 Å². The molecule has 2 aliphatic rings. The second-order valence-corrected chi connectivity index (χ2v) is 8.80. The molecule has 0 bridgehead atoms. The average Bonchev–Trinajstić information content (AvgIpc) is 3.01. The van der Waals surface area contributed by atoms with Gasteiger partial charge in [0.2, 0.25) is 11.8 Å². The summed E-state index contributed by atoms with van der Waals surface area (Å²) in [6, 6.07) is -0.828. The molecular weight excluding hydrogens is 386 g/mol. The third-order valence-corrected chi connectivity index (χ3v) is 5.94. The van der Waals surface area contributed by atoms with Crippen molar-refractivity contribution in [3.8, 4) is 0 Å². The third-order valence-electron chi connectivity index (χ3n) is 5.94. The van der Waals surface area contributed by atoms with Gasteiger partial charge in [-0.05, 0) is 26.2 Å². The third kappa shape index (κ3) is 6.84. The smallest absolute Gasteiger partial charge is 0.315 e. The standard InChI is InChI=1S/C21H39N5O4/c1-6-15(7-2)9-25-11-17-8-16(23-21(29)22-14(3)4)10-26(17)20(28)18(12-25)24-19(27)13-30-5/h14-18H,6-13H2,1-5H3,(H,24,27)(H2,22,23,29)/t16-,17-,18-/m0/s1. The van der Waals surface area contributed by atoms with Gasteiger partial charge in [0.25, 0.3) is 0 Å². The number of hydrogen-bond donors (Lipinski definition) is 3. The van der Waals surface area contributed by atoms with Crippen LogP contribution in [0.4, 0.5) is 4.79 Å². The number of nitrogens with one attached hydrogen (secondary N) is 3. The number of carbonyl (C=O) groups excluding carboxylic acids is 3. The Balaban J connectivity index is 2.12. The molecule has 0 aromatic rings. The van der Waals surface area contributed by atoms with Crippen molar-refractivity contribution in [3.05, 3.63) is 0 Å². The number of ether oxygens (including phenoxy) is 1. The molecule has 2 heterocycles. The lowest BCUT2D eigenvalue weighted by molar-refractivity contribution is -0.137. The quantitative estimate of drug-likeness (QED) is 0.501. The summed E-state index contributed by atoms with van der Waals surface area (Å²) >= 11 is 0. The predicted octanol–water partition coefficient (Wildman–Crippen LogP) is 0.547. The first-order chi connectivity index (χ1) is 14.3. The highest BCUT2D eigenvalue weighted by molar-refractivity contribution is 5.89. The summed E-state index contributed by atoms with van der Waals surface area (Å²) < 4.78 is 4.91. The minimum Gasteiger partial charge on any atom is -0.375 e. The number of methoxy groups -OCH3 is 1. The van der Waals surface area contributed by atoms with Gasteiger partial charge >= 0.3 is 6.03 Å². The molecule has 0 unspecified atom stereocenters. The Morgan fingerprint density at radius 3 is 2.43 bits per heavy atom. The van der Waals surface area contributed by atoms with Crippen LogP contribution in [0.2, 0.25) is 0 Å². The number of nitrogens with zero attached hydrogens (tertiary/aromatic N) is 2. The molecule has 0 aromatic carbocycles. The van der Waals surface area contributed by atoms with Crippen molar-refractivity contribution in [2.45, 2.75) is 71.1 Å². The van der Waals surface area contributed by atoms with Gasteiger partial charge in [-0.3, -0.25) is 14.5 Å². The molecule has 172 valence electrons. The number of carbonyl (C=O) groups is 3. The summed E-state index contributed by atoms with van der Waals surface area (Å²) in [5, 5.41) is 8.68. The van der Waals surface area contributed by atoms with E-state index in [1.165, 1.54) is 7.11 Å². The van der Waals surface area contributed by atoms with E-state index in [1.807, 2.05) is 18.7 Å². The van der Waals surface area contributed by atoms with E-state index in [-0.39, 0.29) is 42.6 Å². The first-order valence-corrected chi connectivity index (χ1v) is 11.1. The maximum atomic E-state index is 13.3. The fourth-order valence-corrected chi connectivity index (χ4v) is 4.40. The molecule has 2 aliphatic heterocycles. The van der Waals surface area contributed by atoms with Crippen molar-refractivity contribution >= 4 is 17.8 Å². The number of fused-ring (bicyclic) bond motifs is 1. The number of urea groups is 1. The molecule has 2 saturated heterocycles. The first-order valence-electron chi connectivity index (χ1n) is 11.1. The molecule has 3 atom stereocenters. The second-order valence-electron chi connectivity index (χ2n) is 8.80. The van der Waals surface area contributed by atoms with Crippen molar-refractivity contribution in [1.82, 2.24) is 25.8 Å². The molecule has 30 heavy (non-hydrogen) atoms. The molecule has 9 nitrogen and oxygen atoms in total. The molecular formula is C21H39N5O4. The van der Waals surface area contributed by atoms with Crippen molar-refractivity contribution in [2.24, 2.45) is 5.92 Å². The predicted molar refractivity (Wildman–Crippen MR) is 115 cm³/mol. The van der Waals surface area contributed by atoms with Crippen LogP contribution in [-0.4, -0.2) is 91.7 Å². The van der Waals surface area contributed by atoms with Crippen LogP contribution in [-0.2, 0) is 14.3 Å². The van der Waals surface area contributed by atoms with E-state index in [1.54, 1.807) is 0 Å². The van der Waals surface area contributed by atoms with Gasteiger partial charge in [-0.25, -0.2) is 4.79 Å². The number of hydrogen-bond acceptors (Lipinski definition) is 5. The highest BCUT2D eigenvalue weighted by Crippen LogP contribution is 2.24. The second kappa shape index (κ2) is 11.5. The summed E-state index contributed by atoms with van der Waals surface area (Å²) in [5.41, 5.74) is 0. The lowest BCUT2D eigenvalue weighted by atomic mass is 10.0. The number of rotatable bonds is 9. The van der Waals surface area contributed by atoms with E-state index in [4.69, 9.17) is 4.74 Å². The Kier molecular flexibility index (Phi) is 9.36. The summed E-state index contributed by atoms with van der Waals surface area (Å²) in [4.78, 5) is 41.7. The zero-order valence-electron chi connectivity index (χ0n) is 19.1. The minimum atomic E-state index is -0.602. The van der Waals surface area contributed by atoms with E-state index in [0.717, 1.165) is 32.4 Å². The van der Waals surface area contributed by atoms with Crippen LogP contribution in [0.1, 0.15) is 47.0 Å². The van der Waals surface area contributed by atoms with Gasteiger partial charge in [0.05, 0.1) is 6.04 Å². The van der Waals surface area contributed by atoms with Crippen LogP contribution in [0.15, 0.2) is 0 Å². The molecule has 2 fully saturated rings. The monoisotopic (exact) mass is 425 g/mol. The molecule has 9 heteroatoms. The Hall–Kier alpha value is -1.87. The Morgan fingerprint density at radius 1 is 1.13 bits per heavy atom. The SMILES string of the molecule is CCC(CC)CN1C[C@@H]2C[C@H](NC(=O)NC(C)C)CN2C(=O)[C@@H](NC(=O)COC)C1. The van der Waals surface area contributed by atoms with Crippen molar-refractivity contribution in [3.63, 3.8) is 0 Å². The van der Waals surface area contributed by atoms with Crippen LogP contribution in [0.5, 0.6) is 0 Å². The topological polar surface area (TPSA) is 103 Å². The minimum absolute atomic E-state index is 0.0283. The van der Waals surface area contributed by atoms with Gasteiger partial charge in [-0.15, -0.1) is 0 Å². The van der Waals surface area contributed by atoms with Crippen LogP contribution >= 0.6 is 0 Å². The normalized spacial score (nSPS) is 24.7. The Labute approximate surface area is 180 Å². The molecule has 4 amide bonds. The molecule has 3 N–H and O–H groups in total. The summed E-state index contributed by atoms with van der Waals surface area (Å²) in [6.45, 7) is 10.7. The van der Waals surface area contributed by atoms with Crippen LogP contribution < -0.4 is 16.0 Å². The highest BCUT2D eigenvalue weighted by atomic mass is 16.5. The lowest BCUT2D eigenvalue weighted by Gasteiger charge is -2.28. The molecule has 0 aliphatic carbocycles. The lowest BCUT2D eigenvalue weighted by Crippen LogP contribution is -2.53. The fraction of sp³-hybridized carbons (Fsp3) is 0.857. The Bertz CT molecular complexity index is 596. The zero-order valence-corrected chi connectivity index (χ0v) is 19.1. The largest absolute Gasteiger partial charge is 0.375 e. The summed E-state index contributed by atoms with van der Waals surface area (Å²) in [5.74, 6) is 0.182. The van der Waals surface area contributed by atoms with E-state index >= 15 is 0 Å². The van der Waals surface area contributed by atoms with Crippen molar-refractivity contribution in [2.75, 3.05) is 39.9 Å². The summed E-state index contributed by atoms with van der Waals surface area (Å²) in [6.07, 6.45) is 2.88. The highest BCUT2D eigenvalue weighted by Gasteiger charge is 2.43. The summed E-state index contributed by atoms with van der Waals surface area (Å²) in [7, 11) is 1.46. The molecule has 2 rings (SSSR count). The fourth-order valence-electron chi connectivity index (χ4n) is 4.40. The average molecular weight is 426 g/mol.